The van der Waals surface area contributed by atoms with Crippen LogP contribution in [-0.2, 0) is 0 Å². The first kappa shape index (κ1) is 11.1. The predicted octanol–water partition coefficient (Wildman–Crippen LogP) is 3.18. The minimum atomic E-state index is -4.62. The molecule has 1 fully saturated rings. The van der Waals surface area contributed by atoms with E-state index in [4.69, 9.17) is 0 Å². The van der Waals surface area contributed by atoms with Crippen LogP contribution in [0.2, 0.25) is 0 Å². The molecule has 1 aliphatic carbocycles. The van der Waals surface area contributed by atoms with E-state index in [1.165, 1.54) is 12.1 Å². The molecule has 0 atom stereocenters. The highest BCUT2D eigenvalue weighted by Crippen LogP contribution is 2.31. The normalized spacial score (nSPS) is 16.0. The van der Waals surface area contributed by atoms with Crippen LogP contribution in [0.25, 0.3) is 0 Å². The monoisotopic (exact) mass is 231 g/mol. The number of halogens is 3. The smallest absolute Gasteiger partial charge is 0.406 e. The summed E-state index contributed by atoms with van der Waals surface area (Å²) in [5.74, 6) is -0.180. The highest BCUT2D eigenvalue weighted by molar-refractivity contribution is 5.50. The van der Waals surface area contributed by atoms with Gasteiger partial charge in [0.05, 0.1) is 0 Å². The van der Waals surface area contributed by atoms with E-state index in [1.807, 2.05) is 7.05 Å². The van der Waals surface area contributed by atoms with Crippen molar-refractivity contribution < 1.29 is 17.9 Å². The number of alkyl halides is 3. The fourth-order valence-electron chi connectivity index (χ4n) is 1.56. The molecule has 1 saturated carbocycles. The van der Waals surface area contributed by atoms with Crippen molar-refractivity contribution >= 4 is 5.69 Å². The maximum absolute atomic E-state index is 11.9. The minimum Gasteiger partial charge on any atom is -0.406 e. The molecule has 0 aromatic heterocycles. The first-order valence-corrected chi connectivity index (χ1v) is 5.04. The van der Waals surface area contributed by atoms with E-state index >= 15 is 0 Å². The largest absolute Gasteiger partial charge is 0.573 e. The Bertz CT molecular complexity index is 356. The fraction of sp³-hybridized carbons (Fsp3) is 0.455. The van der Waals surface area contributed by atoms with Crippen molar-refractivity contribution in [2.75, 3.05) is 11.9 Å². The summed E-state index contributed by atoms with van der Waals surface area (Å²) >= 11 is 0. The van der Waals surface area contributed by atoms with E-state index in [-0.39, 0.29) is 5.75 Å². The highest BCUT2D eigenvalue weighted by Gasteiger charge is 2.31. The molecule has 0 aliphatic heterocycles. The molecule has 0 saturated heterocycles. The maximum atomic E-state index is 11.9. The minimum absolute atomic E-state index is 0.180. The molecule has 0 amide bonds. The molecule has 1 aromatic rings. The number of nitrogens with zero attached hydrogens (tertiary/aromatic N) is 1. The molecule has 1 aromatic carbocycles. The summed E-state index contributed by atoms with van der Waals surface area (Å²) in [4.78, 5) is 2.07. The Balaban J connectivity index is 2.04. The maximum Gasteiger partial charge on any atom is 0.573 e. The summed E-state index contributed by atoms with van der Waals surface area (Å²) in [6, 6.07) is 6.48. The molecule has 16 heavy (non-hydrogen) atoms. The summed E-state index contributed by atoms with van der Waals surface area (Å²) in [6.07, 6.45) is -2.32. The molecule has 88 valence electrons. The first-order valence-electron chi connectivity index (χ1n) is 5.04. The Labute approximate surface area is 91.6 Å². The molecule has 5 heteroatoms. The van der Waals surface area contributed by atoms with Gasteiger partial charge in [-0.15, -0.1) is 13.2 Å². The van der Waals surface area contributed by atoms with Gasteiger partial charge in [-0.05, 0) is 37.1 Å². The number of rotatable bonds is 3. The van der Waals surface area contributed by atoms with Crippen LogP contribution in [0.1, 0.15) is 12.8 Å². The summed E-state index contributed by atoms with van der Waals surface area (Å²) in [6.45, 7) is 0. The summed E-state index contributed by atoms with van der Waals surface area (Å²) in [7, 11) is 1.94. The van der Waals surface area contributed by atoms with Crippen LogP contribution in [0, 0.1) is 0 Å². The van der Waals surface area contributed by atoms with E-state index in [2.05, 4.69) is 9.64 Å². The number of hydrogen-bond donors (Lipinski definition) is 0. The molecule has 0 N–H and O–H groups in total. The van der Waals surface area contributed by atoms with E-state index in [0.29, 0.717) is 6.04 Å². The van der Waals surface area contributed by atoms with Crippen molar-refractivity contribution in [1.82, 2.24) is 0 Å². The van der Waals surface area contributed by atoms with Crippen molar-refractivity contribution in [1.29, 1.82) is 0 Å². The van der Waals surface area contributed by atoms with Crippen LogP contribution >= 0.6 is 0 Å². The number of ether oxygens (including phenoxy) is 1. The summed E-state index contributed by atoms with van der Waals surface area (Å²) < 4.78 is 39.5. The molecule has 2 rings (SSSR count). The zero-order chi connectivity index (χ0) is 11.8. The predicted molar refractivity (Wildman–Crippen MR) is 54.6 cm³/mol. The quantitative estimate of drug-likeness (QED) is 0.792. The Morgan fingerprint density at radius 2 is 1.75 bits per heavy atom. The second kappa shape index (κ2) is 3.88. The molecule has 0 spiro atoms. The zero-order valence-electron chi connectivity index (χ0n) is 8.79. The van der Waals surface area contributed by atoms with Crippen LogP contribution in [0.4, 0.5) is 18.9 Å². The summed E-state index contributed by atoms with van der Waals surface area (Å²) in [5, 5.41) is 0. The zero-order valence-corrected chi connectivity index (χ0v) is 8.79. The second-order valence-electron chi connectivity index (χ2n) is 3.88. The molecular weight excluding hydrogens is 219 g/mol. The van der Waals surface area contributed by atoms with Crippen molar-refractivity contribution in [2.45, 2.75) is 25.2 Å². The lowest BCUT2D eigenvalue weighted by Crippen LogP contribution is -2.19. The van der Waals surface area contributed by atoms with Crippen molar-refractivity contribution in [3.05, 3.63) is 24.3 Å². The van der Waals surface area contributed by atoms with Gasteiger partial charge in [0.2, 0.25) is 0 Å². The van der Waals surface area contributed by atoms with Gasteiger partial charge in [-0.25, -0.2) is 0 Å². The van der Waals surface area contributed by atoms with Crippen molar-refractivity contribution in [3.63, 3.8) is 0 Å². The van der Waals surface area contributed by atoms with Crippen molar-refractivity contribution in [3.8, 4) is 5.75 Å². The van der Waals surface area contributed by atoms with E-state index in [1.54, 1.807) is 12.1 Å². The number of hydrogen-bond acceptors (Lipinski definition) is 2. The van der Waals surface area contributed by atoms with Crippen LogP contribution in [0.3, 0.4) is 0 Å². The highest BCUT2D eigenvalue weighted by atomic mass is 19.4. The van der Waals surface area contributed by atoms with E-state index in [0.717, 1.165) is 18.5 Å². The van der Waals surface area contributed by atoms with Gasteiger partial charge in [0.15, 0.2) is 0 Å². The standard InChI is InChI=1S/C11H12F3NO/c1-15(8-2-3-8)9-4-6-10(7-5-9)16-11(12,13)14/h4-8H,2-3H2,1H3. The first-order chi connectivity index (χ1) is 7.46. The Morgan fingerprint density at radius 3 is 2.19 bits per heavy atom. The third kappa shape index (κ3) is 2.81. The topological polar surface area (TPSA) is 12.5 Å². The fourth-order valence-corrected chi connectivity index (χ4v) is 1.56. The Hall–Kier alpha value is -1.39. The average molecular weight is 231 g/mol. The Kier molecular flexibility index (Phi) is 2.69. The second-order valence-corrected chi connectivity index (χ2v) is 3.88. The van der Waals surface area contributed by atoms with Crippen LogP contribution in [0.15, 0.2) is 24.3 Å². The third-order valence-corrected chi connectivity index (χ3v) is 2.57. The van der Waals surface area contributed by atoms with E-state index in [9.17, 15) is 13.2 Å². The molecule has 1 aliphatic rings. The summed E-state index contributed by atoms with van der Waals surface area (Å²) in [5.41, 5.74) is 0.914. The molecule has 0 heterocycles. The van der Waals surface area contributed by atoms with Gasteiger partial charge in [0.1, 0.15) is 5.75 Å². The SMILES string of the molecule is CN(c1ccc(OC(F)(F)F)cc1)C1CC1. The van der Waals surface area contributed by atoms with Crippen molar-refractivity contribution in [2.24, 2.45) is 0 Å². The van der Waals surface area contributed by atoms with Gasteiger partial charge >= 0.3 is 6.36 Å². The molecular formula is C11H12F3NO. The molecule has 0 unspecified atom stereocenters. The van der Waals surface area contributed by atoms with Gasteiger partial charge in [0.25, 0.3) is 0 Å². The third-order valence-electron chi connectivity index (χ3n) is 2.57. The number of anilines is 1. The van der Waals surface area contributed by atoms with Gasteiger partial charge in [-0.3, -0.25) is 0 Å². The molecule has 0 bridgehead atoms. The Morgan fingerprint density at radius 1 is 1.19 bits per heavy atom. The average Bonchev–Trinajstić information content (AvgIpc) is 2.98. The number of benzene rings is 1. The van der Waals surface area contributed by atoms with Gasteiger partial charge < -0.3 is 9.64 Å². The van der Waals surface area contributed by atoms with Gasteiger partial charge in [0, 0.05) is 18.8 Å². The van der Waals surface area contributed by atoms with Crippen LogP contribution < -0.4 is 9.64 Å². The van der Waals surface area contributed by atoms with E-state index < -0.39 is 6.36 Å². The van der Waals surface area contributed by atoms with Gasteiger partial charge in [-0.2, -0.15) is 0 Å². The van der Waals surface area contributed by atoms with Crippen LogP contribution in [-0.4, -0.2) is 19.5 Å². The lowest BCUT2D eigenvalue weighted by molar-refractivity contribution is -0.274. The van der Waals surface area contributed by atoms with Crippen LogP contribution in [0.5, 0.6) is 5.75 Å². The molecule has 0 radical (unpaired) electrons. The van der Waals surface area contributed by atoms with Gasteiger partial charge in [-0.1, -0.05) is 0 Å². The lowest BCUT2D eigenvalue weighted by Gasteiger charge is -2.18. The molecule has 2 nitrogen and oxygen atoms in total. The lowest BCUT2D eigenvalue weighted by atomic mass is 10.3.